The number of ether oxygens (including phenoxy) is 2. The highest BCUT2D eigenvalue weighted by atomic mass is 32.2. The van der Waals surface area contributed by atoms with Gasteiger partial charge in [0.1, 0.15) is 0 Å². The Hall–Kier alpha value is -3.74. The van der Waals surface area contributed by atoms with Crippen LogP contribution in [0.1, 0.15) is 70.1 Å². The van der Waals surface area contributed by atoms with Crippen molar-refractivity contribution in [2.75, 3.05) is 18.6 Å². The van der Waals surface area contributed by atoms with E-state index >= 15 is 0 Å². The van der Waals surface area contributed by atoms with Gasteiger partial charge in [-0.15, -0.1) is 21.5 Å². The number of carbonyl (C=O) groups excluding carboxylic acids is 2. The second kappa shape index (κ2) is 14.4. The van der Waals surface area contributed by atoms with E-state index in [1.54, 1.807) is 32.2 Å². The lowest BCUT2D eigenvalue weighted by atomic mass is 9.95. The molecule has 1 aliphatic rings. The largest absolute Gasteiger partial charge is 0.503 e. The molecule has 0 saturated carbocycles. The second-order valence-electron chi connectivity index (χ2n) is 10.3. The first-order valence-electron chi connectivity index (χ1n) is 14.4. The summed E-state index contributed by atoms with van der Waals surface area (Å²) in [6.45, 7) is 6.27. The van der Waals surface area contributed by atoms with Gasteiger partial charge in [-0.25, -0.2) is 4.98 Å². The smallest absolute Gasteiger partial charge is 0.296 e. The zero-order chi connectivity index (χ0) is 31.2. The third kappa shape index (κ3) is 6.82. The van der Waals surface area contributed by atoms with Crippen molar-refractivity contribution in [2.24, 2.45) is 0 Å². The van der Waals surface area contributed by atoms with Crippen molar-refractivity contribution >= 4 is 51.3 Å². The molecule has 230 valence electrons. The summed E-state index contributed by atoms with van der Waals surface area (Å²) in [7, 11) is 1.55. The van der Waals surface area contributed by atoms with Crippen LogP contribution in [0.2, 0.25) is 0 Å². The van der Waals surface area contributed by atoms with E-state index in [0.717, 1.165) is 36.3 Å². The summed E-state index contributed by atoms with van der Waals surface area (Å²) < 4.78 is 12.3. The molecule has 4 aromatic rings. The fourth-order valence-electron chi connectivity index (χ4n) is 4.98. The molecule has 1 atom stereocenters. The van der Waals surface area contributed by atoms with Crippen LogP contribution in [-0.4, -0.2) is 45.7 Å². The molecule has 1 aliphatic heterocycles. The molecule has 12 heteroatoms. The van der Waals surface area contributed by atoms with E-state index in [1.807, 2.05) is 37.3 Å². The number of aromatic nitrogens is 3. The Balaban J connectivity index is 1.50. The van der Waals surface area contributed by atoms with Crippen molar-refractivity contribution < 1.29 is 24.2 Å². The predicted molar refractivity (Wildman–Crippen MR) is 174 cm³/mol. The summed E-state index contributed by atoms with van der Waals surface area (Å²) in [5.74, 6) is -0.0809. The molecule has 0 bridgehead atoms. The van der Waals surface area contributed by atoms with Gasteiger partial charge in [-0.1, -0.05) is 85.7 Å². The molecule has 1 amide bonds. The van der Waals surface area contributed by atoms with Gasteiger partial charge < -0.3 is 14.6 Å². The Morgan fingerprint density at radius 3 is 2.55 bits per heavy atom. The summed E-state index contributed by atoms with van der Waals surface area (Å²) in [5, 5.41) is 20.9. The number of hydrogen-bond donors (Lipinski definition) is 1. The van der Waals surface area contributed by atoms with Crippen LogP contribution in [0.25, 0.3) is 0 Å². The van der Waals surface area contributed by atoms with Gasteiger partial charge in [0, 0.05) is 5.75 Å². The molecule has 0 fully saturated rings. The molecule has 0 spiro atoms. The number of anilines is 1. The van der Waals surface area contributed by atoms with Crippen LogP contribution in [0.15, 0.2) is 64.2 Å². The van der Waals surface area contributed by atoms with Crippen LogP contribution >= 0.6 is 34.4 Å². The van der Waals surface area contributed by atoms with Gasteiger partial charge in [-0.05, 0) is 43.5 Å². The lowest BCUT2D eigenvalue weighted by Gasteiger charge is -2.25. The van der Waals surface area contributed by atoms with Crippen molar-refractivity contribution in [1.29, 1.82) is 0 Å². The summed E-state index contributed by atoms with van der Waals surface area (Å²) in [6.07, 6.45) is 4.29. The Labute approximate surface area is 269 Å². The van der Waals surface area contributed by atoms with Crippen LogP contribution in [0.3, 0.4) is 0 Å². The molecule has 1 N–H and O–H groups in total. The Morgan fingerprint density at radius 1 is 1.05 bits per heavy atom. The minimum Gasteiger partial charge on any atom is -0.503 e. The number of nitrogens with zero attached hydrogens (tertiary/aromatic N) is 4. The lowest BCUT2D eigenvalue weighted by molar-refractivity contribution is -0.117. The Kier molecular flexibility index (Phi) is 10.3. The van der Waals surface area contributed by atoms with Crippen molar-refractivity contribution in [3.8, 4) is 11.5 Å². The summed E-state index contributed by atoms with van der Waals surface area (Å²) in [5.41, 5.74) is 2.20. The molecule has 0 aliphatic carbocycles. The van der Waals surface area contributed by atoms with Crippen LogP contribution in [-0.2, 0) is 10.5 Å². The first-order chi connectivity index (χ1) is 21.3. The van der Waals surface area contributed by atoms with Gasteiger partial charge in [-0.2, -0.15) is 0 Å². The maximum Gasteiger partial charge on any atom is 0.296 e. The lowest BCUT2D eigenvalue weighted by Crippen LogP contribution is -2.31. The molecule has 2 aromatic carbocycles. The van der Waals surface area contributed by atoms with Gasteiger partial charge in [0.15, 0.2) is 21.6 Å². The molecule has 1 unspecified atom stereocenters. The third-order valence-electron chi connectivity index (χ3n) is 7.13. The molecule has 0 saturated heterocycles. The number of amides is 1. The van der Waals surface area contributed by atoms with Crippen LogP contribution in [0.5, 0.6) is 11.5 Å². The molecule has 5 rings (SSSR count). The van der Waals surface area contributed by atoms with E-state index in [-0.39, 0.29) is 10.7 Å². The van der Waals surface area contributed by atoms with E-state index in [9.17, 15) is 14.7 Å². The predicted octanol–water partition coefficient (Wildman–Crippen LogP) is 7.65. The molecule has 0 radical (unpaired) electrons. The number of ketones is 1. The zero-order valence-corrected chi connectivity index (χ0v) is 27.5. The molecule has 9 nitrogen and oxygen atoms in total. The molecular formula is C32H34N4O5S3. The summed E-state index contributed by atoms with van der Waals surface area (Å²) >= 11 is 3.97. The van der Waals surface area contributed by atoms with E-state index in [1.165, 1.54) is 39.3 Å². The SMILES string of the molecule is CCCCCCOc1ccc(C2C(C(=O)c3sc(C)nc3C)=C(O)C(=O)N2c2nnc(SCc3ccccc3)s2)cc1OC. The second-order valence-corrected chi connectivity index (χ2v) is 13.6. The highest BCUT2D eigenvalue weighted by Crippen LogP contribution is 2.46. The third-order valence-corrected chi connectivity index (χ3v) is 10.3. The number of carbonyl (C=O) groups is 2. The molecule has 3 heterocycles. The number of hydrogen-bond acceptors (Lipinski definition) is 11. The average molecular weight is 651 g/mol. The normalized spacial score (nSPS) is 14.9. The monoisotopic (exact) mass is 650 g/mol. The number of aliphatic hydroxyl groups excluding tert-OH is 1. The quantitative estimate of drug-likeness (QED) is 0.0636. The molecule has 2 aromatic heterocycles. The standard InChI is InChI=1S/C32H34N4O5S3/c1-5-6-7-11-16-41-23-15-14-22(17-24(23)40-4)26-25(27(37)29-19(2)33-20(3)43-29)28(38)30(39)36(26)31-34-35-32(44-31)42-18-21-12-9-8-10-13-21/h8-10,12-15,17,26,38H,5-7,11,16,18H2,1-4H3. The van der Waals surface area contributed by atoms with E-state index in [4.69, 9.17) is 9.47 Å². The highest BCUT2D eigenvalue weighted by molar-refractivity contribution is 8.00. The highest BCUT2D eigenvalue weighted by Gasteiger charge is 2.47. The van der Waals surface area contributed by atoms with E-state index < -0.39 is 23.5 Å². The fraction of sp³-hybridized carbons (Fsp3) is 0.344. The van der Waals surface area contributed by atoms with E-state index in [0.29, 0.717) is 44.3 Å². The molecular weight excluding hydrogens is 617 g/mol. The number of thiazole rings is 1. The maximum atomic E-state index is 14.0. The number of thioether (sulfide) groups is 1. The topological polar surface area (TPSA) is 115 Å². The van der Waals surface area contributed by atoms with Crippen LogP contribution in [0, 0.1) is 13.8 Å². The number of methoxy groups -OCH3 is 1. The first kappa shape index (κ1) is 31.7. The van der Waals surface area contributed by atoms with Gasteiger partial charge in [0.2, 0.25) is 10.9 Å². The van der Waals surface area contributed by atoms with Gasteiger partial charge in [0.05, 0.1) is 40.9 Å². The van der Waals surface area contributed by atoms with Crippen LogP contribution in [0.4, 0.5) is 5.13 Å². The maximum absolute atomic E-state index is 14.0. The number of rotatable bonds is 14. The van der Waals surface area contributed by atoms with Gasteiger partial charge in [-0.3, -0.25) is 14.5 Å². The number of aliphatic hydroxyl groups is 1. The Morgan fingerprint density at radius 2 is 1.84 bits per heavy atom. The summed E-state index contributed by atoms with van der Waals surface area (Å²) in [6, 6.07) is 14.3. The Bertz CT molecular complexity index is 1670. The van der Waals surface area contributed by atoms with Crippen LogP contribution < -0.4 is 14.4 Å². The number of aryl methyl sites for hydroxylation is 2. The van der Waals surface area contributed by atoms with Crippen molar-refractivity contribution in [3.63, 3.8) is 0 Å². The van der Waals surface area contributed by atoms with Crippen molar-refractivity contribution in [1.82, 2.24) is 15.2 Å². The summed E-state index contributed by atoms with van der Waals surface area (Å²) in [4.78, 5) is 33.8. The van der Waals surface area contributed by atoms with E-state index in [2.05, 4.69) is 22.1 Å². The minimum atomic E-state index is -0.968. The first-order valence-corrected chi connectivity index (χ1v) is 17.0. The molecule has 44 heavy (non-hydrogen) atoms. The van der Waals surface area contributed by atoms with Crippen molar-refractivity contribution in [3.05, 3.63) is 86.6 Å². The number of Topliss-reactive ketones (excluding diaryl/α,β-unsaturated/α-hetero) is 1. The van der Waals surface area contributed by atoms with Gasteiger partial charge >= 0.3 is 0 Å². The number of unbranched alkanes of at least 4 members (excludes halogenated alkanes) is 3. The fourth-order valence-corrected chi connectivity index (χ4v) is 7.67. The van der Waals surface area contributed by atoms with Crippen molar-refractivity contribution in [2.45, 2.75) is 62.6 Å². The van der Waals surface area contributed by atoms with Gasteiger partial charge in [0.25, 0.3) is 5.91 Å². The number of benzene rings is 2. The average Bonchev–Trinajstić information content (AvgIpc) is 3.71. The zero-order valence-electron chi connectivity index (χ0n) is 25.0. The minimum absolute atomic E-state index is 0.0364.